The van der Waals surface area contributed by atoms with Gasteiger partial charge in [-0.15, -0.1) is 0 Å². The molecule has 9 nitrogen and oxygen atoms in total. The molecule has 0 spiro atoms. The van der Waals surface area contributed by atoms with Crippen LogP contribution in [0.4, 0.5) is 28.4 Å². The molecule has 0 saturated carbocycles. The maximum absolute atomic E-state index is 14.0. The van der Waals surface area contributed by atoms with Gasteiger partial charge in [0, 0.05) is 24.6 Å². The zero-order valence-corrected chi connectivity index (χ0v) is 19.9. The maximum Gasteiger partial charge on any atom is 0.416 e. The highest BCUT2D eigenvalue weighted by Crippen LogP contribution is 2.42. The molecule has 3 heterocycles. The zero-order valence-electron chi connectivity index (χ0n) is 19.1. The molecule has 1 aliphatic rings. The van der Waals surface area contributed by atoms with Gasteiger partial charge in [-0.25, -0.2) is 4.39 Å². The van der Waals surface area contributed by atoms with Crippen LogP contribution in [0.2, 0.25) is 0 Å². The van der Waals surface area contributed by atoms with Crippen molar-refractivity contribution in [3.63, 3.8) is 0 Å². The van der Waals surface area contributed by atoms with Crippen LogP contribution in [0.5, 0.6) is 0 Å². The summed E-state index contributed by atoms with van der Waals surface area (Å²) < 4.78 is 59.5. The monoisotopic (exact) mass is 535 g/mol. The maximum atomic E-state index is 14.0. The van der Waals surface area contributed by atoms with Crippen molar-refractivity contribution < 1.29 is 27.0 Å². The second kappa shape index (κ2) is 9.18. The van der Waals surface area contributed by atoms with Gasteiger partial charge in [0.1, 0.15) is 10.5 Å². The highest BCUT2D eigenvalue weighted by molar-refractivity contribution is 7.22. The number of alkyl halides is 3. The Kier molecular flexibility index (Phi) is 6.14. The van der Waals surface area contributed by atoms with Crippen molar-refractivity contribution in [1.29, 1.82) is 0 Å². The molecule has 0 radical (unpaired) electrons. The Morgan fingerprint density at radius 1 is 1.19 bits per heavy atom. The van der Waals surface area contributed by atoms with Gasteiger partial charge in [-0.1, -0.05) is 28.6 Å². The molecule has 5 rings (SSSR count). The number of nitrogens with zero attached hydrogens (tertiary/aromatic N) is 5. The lowest BCUT2D eigenvalue weighted by molar-refractivity contribution is -0.383. The van der Waals surface area contributed by atoms with Crippen LogP contribution in [-0.4, -0.2) is 33.1 Å². The molecule has 37 heavy (non-hydrogen) atoms. The summed E-state index contributed by atoms with van der Waals surface area (Å²) in [6.45, 7) is 1.77. The van der Waals surface area contributed by atoms with Crippen LogP contribution in [-0.2, 0) is 6.18 Å². The Morgan fingerprint density at radius 3 is 2.54 bits per heavy atom. The van der Waals surface area contributed by atoms with Crippen molar-refractivity contribution in [2.75, 3.05) is 18.0 Å². The Balaban J connectivity index is 1.42. The summed E-state index contributed by atoms with van der Waals surface area (Å²) in [5, 5.41) is 15.3. The van der Waals surface area contributed by atoms with Crippen molar-refractivity contribution in [3.8, 4) is 11.4 Å². The molecular formula is C23H17F4N5O4S. The summed E-state index contributed by atoms with van der Waals surface area (Å²) in [6, 6.07) is 6.67. The Morgan fingerprint density at radius 2 is 1.89 bits per heavy atom. The molecule has 0 unspecified atom stereocenters. The van der Waals surface area contributed by atoms with Crippen LogP contribution in [0, 0.1) is 22.9 Å². The van der Waals surface area contributed by atoms with Gasteiger partial charge in [0.15, 0.2) is 5.13 Å². The second-order valence-corrected chi connectivity index (χ2v) is 9.51. The van der Waals surface area contributed by atoms with Gasteiger partial charge in [0.25, 0.3) is 11.2 Å². The van der Waals surface area contributed by atoms with Gasteiger partial charge < -0.3 is 9.42 Å². The van der Waals surface area contributed by atoms with Crippen molar-refractivity contribution in [2.24, 2.45) is 0 Å². The lowest BCUT2D eigenvalue weighted by Crippen LogP contribution is -2.34. The second-order valence-electron chi connectivity index (χ2n) is 8.53. The lowest BCUT2D eigenvalue weighted by Gasteiger charge is -2.30. The third-order valence-electron chi connectivity index (χ3n) is 6.29. The van der Waals surface area contributed by atoms with E-state index in [-0.39, 0.29) is 27.1 Å². The molecule has 2 aromatic carbocycles. The van der Waals surface area contributed by atoms with E-state index in [0.717, 1.165) is 18.3 Å². The Labute approximate surface area is 209 Å². The number of piperidine rings is 1. The minimum Gasteiger partial charge on any atom is -0.348 e. The van der Waals surface area contributed by atoms with E-state index in [1.54, 1.807) is 23.1 Å². The fourth-order valence-corrected chi connectivity index (χ4v) is 5.59. The smallest absolute Gasteiger partial charge is 0.348 e. The van der Waals surface area contributed by atoms with Crippen LogP contribution >= 0.6 is 11.3 Å². The number of anilines is 1. The molecule has 0 N–H and O–H groups in total. The van der Waals surface area contributed by atoms with Crippen molar-refractivity contribution >= 4 is 32.2 Å². The number of rotatable bonds is 4. The first-order chi connectivity index (χ1) is 17.5. The summed E-state index contributed by atoms with van der Waals surface area (Å²) in [7, 11) is 0. The first-order valence-electron chi connectivity index (χ1n) is 11.1. The minimum atomic E-state index is -4.86. The predicted molar refractivity (Wildman–Crippen MR) is 126 cm³/mol. The van der Waals surface area contributed by atoms with E-state index in [2.05, 4.69) is 15.1 Å². The predicted octanol–water partition coefficient (Wildman–Crippen LogP) is 5.47. The number of fused-ring (bicyclic) bond motifs is 1. The highest BCUT2D eigenvalue weighted by Gasteiger charge is 2.38. The molecular weight excluding hydrogens is 518 g/mol. The van der Waals surface area contributed by atoms with Gasteiger partial charge in [-0.3, -0.25) is 14.9 Å². The van der Waals surface area contributed by atoms with Crippen LogP contribution in [0.1, 0.15) is 35.8 Å². The number of hydrogen-bond donors (Lipinski definition) is 0. The Hall–Kier alpha value is -3.94. The van der Waals surface area contributed by atoms with E-state index in [0.29, 0.717) is 37.9 Å². The Bertz CT molecular complexity index is 1580. The summed E-state index contributed by atoms with van der Waals surface area (Å²) in [5.74, 6) is -0.157. The average Bonchev–Trinajstić information content (AvgIpc) is 3.33. The number of halogens is 4. The molecule has 1 aliphatic heterocycles. The van der Waals surface area contributed by atoms with E-state index in [1.807, 2.05) is 0 Å². The van der Waals surface area contributed by atoms with Crippen molar-refractivity contribution in [3.05, 3.63) is 73.6 Å². The summed E-state index contributed by atoms with van der Waals surface area (Å²) in [4.78, 5) is 33.5. The lowest BCUT2D eigenvalue weighted by atomic mass is 9.97. The van der Waals surface area contributed by atoms with E-state index >= 15 is 0 Å². The van der Waals surface area contributed by atoms with E-state index in [9.17, 15) is 32.5 Å². The van der Waals surface area contributed by atoms with Crippen LogP contribution in [0.3, 0.4) is 0 Å². The minimum absolute atomic E-state index is 0.130. The summed E-state index contributed by atoms with van der Waals surface area (Å²) in [6.07, 6.45) is -3.84. The summed E-state index contributed by atoms with van der Waals surface area (Å²) in [5.41, 5.74) is -3.30. The molecule has 1 fully saturated rings. The van der Waals surface area contributed by atoms with Crippen LogP contribution in [0.15, 0.2) is 39.6 Å². The van der Waals surface area contributed by atoms with Crippen molar-refractivity contribution in [1.82, 2.24) is 15.1 Å². The molecule has 14 heteroatoms. The third-order valence-corrected chi connectivity index (χ3v) is 7.44. The summed E-state index contributed by atoms with van der Waals surface area (Å²) >= 11 is 0.809. The number of nitro groups is 1. The number of aromatic nitrogens is 3. The molecule has 0 aliphatic carbocycles. The first kappa shape index (κ1) is 24.7. The number of hydrogen-bond acceptors (Lipinski definition) is 9. The van der Waals surface area contributed by atoms with Gasteiger partial charge in [-0.05, 0) is 38.0 Å². The van der Waals surface area contributed by atoms with E-state index < -0.39 is 44.7 Å². The topological polar surface area (TPSA) is 115 Å². The van der Waals surface area contributed by atoms with Gasteiger partial charge in [-0.2, -0.15) is 23.1 Å². The third kappa shape index (κ3) is 4.52. The molecule has 0 bridgehead atoms. The fraction of sp³-hybridized carbons (Fsp3) is 0.304. The van der Waals surface area contributed by atoms with Gasteiger partial charge in [0.2, 0.25) is 11.7 Å². The molecule has 4 aromatic rings. The normalized spacial score (nSPS) is 14.9. The number of benzene rings is 2. The largest absolute Gasteiger partial charge is 0.416 e. The SMILES string of the molecule is Cc1c(C(F)(F)F)cc2c(=O)nc(N3CCC(c4nc(-c5ccccc5F)no4)CC3)sc2c1[N+](=O)[O-]. The van der Waals surface area contributed by atoms with Gasteiger partial charge >= 0.3 is 6.18 Å². The van der Waals surface area contributed by atoms with E-state index in [1.165, 1.54) is 6.07 Å². The first-order valence-corrected chi connectivity index (χ1v) is 11.9. The molecule has 0 atom stereocenters. The van der Waals surface area contributed by atoms with Gasteiger partial charge in [0.05, 0.1) is 21.4 Å². The fourth-order valence-electron chi connectivity index (χ4n) is 4.39. The average molecular weight is 535 g/mol. The molecule has 2 aromatic heterocycles. The molecule has 192 valence electrons. The van der Waals surface area contributed by atoms with Crippen molar-refractivity contribution in [2.45, 2.75) is 31.9 Å². The standard InChI is InChI=1S/C23H17F4N5O4S/c1-11-15(23(25,26)27)10-14-18(17(11)32(34)35)37-22(29-20(14)33)31-8-6-12(7-9-31)21-28-19(30-36-21)13-4-2-3-5-16(13)24/h2-5,10,12H,6-9H2,1H3. The van der Waals surface area contributed by atoms with Crippen LogP contribution < -0.4 is 10.5 Å². The quantitative estimate of drug-likeness (QED) is 0.192. The van der Waals surface area contributed by atoms with E-state index in [4.69, 9.17) is 4.52 Å². The zero-order chi connectivity index (χ0) is 26.5. The molecule has 1 saturated heterocycles. The number of nitro benzene ring substituents is 1. The van der Waals surface area contributed by atoms with Crippen LogP contribution in [0.25, 0.3) is 21.5 Å². The highest BCUT2D eigenvalue weighted by atomic mass is 32.1. The molecule has 0 amide bonds.